The fraction of sp³-hybridized carbons (Fsp3) is 0.333. The van der Waals surface area contributed by atoms with Gasteiger partial charge in [-0.2, -0.15) is 0 Å². The molecular formula is C9H10FNO2. The zero-order valence-electron chi connectivity index (χ0n) is 7.41. The molecule has 70 valence electrons. The molecule has 0 radical (unpaired) electrons. The summed E-state index contributed by atoms with van der Waals surface area (Å²) in [4.78, 5) is 14.2. The minimum atomic E-state index is -1.17. The van der Waals surface area contributed by atoms with Gasteiger partial charge in [0.1, 0.15) is 5.82 Å². The van der Waals surface area contributed by atoms with Gasteiger partial charge in [0, 0.05) is 6.20 Å². The number of halogens is 1. The van der Waals surface area contributed by atoms with Crippen LogP contribution in [0.25, 0.3) is 0 Å². The molecule has 0 saturated heterocycles. The van der Waals surface area contributed by atoms with Gasteiger partial charge in [-0.15, -0.1) is 0 Å². The number of hydrogen-bond acceptors (Lipinski definition) is 2. The van der Waals surface area contributed by atoms with Crippen LogP contribution in [0.4, 0.5) is 4.39 Å². The Morgan fingerprint density at radius 3 is 2.62 bits per heavy atom. The summed E-state index contributed by atoms with van der Waals surface area (Å²) in [6.45, 7) is 3.59. The van der Waals surface area contributed by atoms with Gasteiger partial charge in [0.25, 0.3) is 0 Å². The number of carboxylic acids is 1. The van der Waals surface area contributed by atoms with E-state index in [9.17, 15) is 9.18 Å². The molecule has 0 aromatic carbocycles. The SMILES string of the molecule is CC(C)c1ncc(C(=O)O)cc1F. The summed E-state index contributed by atoms with van der Waals surface area (Å²) in [7, 11) is 0. The quantitative estimate of drug-likeness (QED) is 0.763. The Hall–Kier alpha value is -1.45. The van der Waals surface area contributed by atoms with E-state index in [4.69, 9.17) is 5.11 Å². The smallest absolute Gasteiger partial charge is 0.337 e. The first kappa shape index (κ1) is 9.64. The standard InChI is InChI=1S/C9H10FNO2/c1-5(2)8-7(10)3-6(4-11-8)9(12)13/h3-5H,1-2H3,(H,12,13). The average Bonchev–Trinajstić information content (AvgIpc) is 2.03. The molecule has 4 heteroatoms. The van der Waals surface area contributed by atoms with Crippen molar-refractivity contribution in [3.63, 3.8) is 0 Å². The summed E-state index contributed by atoms with van der Waals surface area (Å²) in [5.74, 6) is -1.76. The largest absolute Gasteiger partial charge is 0.478 e. The summed E-state index contributed by atoms with van der Waals surface area (Å²) in [5.41, 5.74) is 0.173. The van der Waals surface area contributed by atoms with Crippen LogP contribution in [0.5, 0.6) is 0 Å². The highest BCUT2D eigenvalue weighted by molar-refractivity contribution is 5.87. The minimum absolute atomic E-state index is 0.0390. The molecule has 0 spiro atoms. The lowest BCUT2D eigenvalue weighted by atomic mass is 10.1. The Kier molecular flexibility index (Phi) is 2.60. The molecule has 1 heterocycles. The van der Waals surface area contributed by atoms with Crippen molar-refractivity contribution < 1.29 is 14.3 Å². The molecular weight excluding hydrogens is 173 g/mol. The second-order valence-corrected chi connectivity index (χ2v) is 3.05. The lowest BCUT2D eigenvalue weighted by molar-refractivity contribution is 0.0695. The molecule has 0 atom stereocenters. The molecule has 13 heavy (non-hydrogen) atoms. The number of pyridine rings is 1. The summed E-state index contributed by atoms with van der Waals surface area (Å²) in [6.07, 6.45) is 1.17. The highest BCUT2D eigenvalue weighted by Crippen LogP contribution is 2.16. The molecule has 1 aromatic rings. The molecule has 0 unspecified atom stereocenters. The minimum Gasteiger partial charge on any atom is -0.478 e. The fourth-order valence-electron chi connectivity index (χ4n) is 0.990. The van der Waals surface area contributed by atoms with Gasteiger partial charge in [0.2, 0.25) is 0 Å². The Morgan fingerprint density at radius 2 is 2.23 bits per heavy atom. The van der Waals surface area contributed by atoms with E-state index in [1.165, 1.54) is 6.20 Å². The zero-order valence-corrected chi connectivity index (χ0v) is 7.41. The third-order valence-corrected chi connectivity index (χ3v) is 1.66. The molecule has 0 fully saturated rings. The van der Waals surface area contributed by atoms with Crippen LogP contribution in [0, 0.1) is 5.82 Å². The van der Waals surface area contributed by atoms with Crippen molar-refractivity contribution in [3.05, 3.63) is 29.3 Å². The van der Waals surface area contributed by atoms with Gasteiger partial charge in [0.05, 0.1) is 11.3 Å². The van der Waals surface area contributed by atoms with Gasteiger partial charge in [-0.3, -0.25) is 4.98 Å². The van der Waals surface area contributed by atoms with E-state index in [0.717, 1.165) is 6.07 Å². The first-order valence-electron chi connectivity index (χ1n) is 3.91. The number of rotatable bonds is 2. The number of aromatic nitrogens is 1. The van der Waals surface area contributed by atoms with Crippen LogP contribution >= 0.6 is 0 Å². The van der Waals surface area contributed by atoms with Crippen LogP contribution in [-0.2, 0) is 0 Å². The predicted octanol–water partition coefficient (Wildman–Crippen LogP) is 2.04. The Balaban J connectivity index is 3.13. The van der Waals surface area contributed by atoms with Crippen molar-refractivity contribution >= 4 is 5.97 Å². The van der Waals surface area contributed by atoms with Gasteiger partial charge in [-0.05, 0) is 12.0 Å². The average molecular weight is 183 g/mol. The molecule has 0 aliphatic heterocycles. The Morgan fingerprint density at radius 1 is 1.62 bits per heavy atom. The maximum absolute atomic E-state index is 13.1. The molecule has 3 nitrogen and oxygen atoms in total. The summed E-state index contributed by atoms with van der Waals surface area (Å²) < 4.78 is 13.1. The maximum atomic E-state index is 13.1. The maximum Gasteiger partial charge on any atom is 0.337 e. The Bertz CT molecular complexity index is 336. The molecule has 1 N–H and O–H groups in total. The molecule has 0 amide bonds. The summed E-state index contributed by atoms with van der Waals surface area (Å²) in [5, 5.41) is 8.53. The lowest BCUT2D eigenvalue weighted by Crippen LogP contribution is -2.03. The third kappa shape index (κ3) is 2.02. The normalized spacial score (nSPS) is 10.5. The van der Waals surface area contributed by atoms with E-state index in [2.05, 4.69) is 4.98 Å². The van der Waals surface area contributed by atoms with E-state index in [0.29, 0.717) is 5.69 Å². The fourth-order valence-corrected chi connectivity index (χ4v) is 0.990. The predicted molar refractivity (Wildman–Crippen MR) is 45.2 cm³/mol. The number of nitrogens with zero attached hydrogens (tertiary/aromatic N) is 1. The van der Waals surface area contributed by atoms with Crippen LogP contribution in [0.1, 0.15) is 35.8 Å². The third-order valence-electron chi connectivity index (χ3n) is 1.66. The highest BCUT2D eigenvalue weighted by Gasteiger charge is 2.11. The second kappa shape index (κ2) is 3.51. The Labute approximate surface area is 75.2 Å². The number of carbonyl (C=O) groups is 1. The molecule has 0 saturated carbocycles. The van der Waals surface area contributed by atoms with Crippen LogP contribution in [0.15, 0.2) is 12.3 Å². The number of carboxylic acid groups (broad SMARTS) is 1. The molecule has 0 aliphatic rings. The molecule has 1 aromatic heterocycles. The second-order valence-electron chi connectivity index (χ2n) is 3.05. The van der Waals surface area contributed by atoms with Crippen LogP contribution < -0.4 is 0 Å². The molecule has 0 bridgehead atoms. The van der Waals surface area contributed by atoms with E-state index in [-0.39, 0.29) is 11.5 Å². The highest BCUT2D eigenvalue weighted by atomic mass is 19.1. The first-order valence-corrected chi connectivity index (χ1v) is 3.91. The van der Waals surface area contributed by atoms with Crippen molar-refractivity contribution in [2.24, 2.45) is 0 Å². The number of hydrogen-bond donors (Lipinski definition) is 1. The van der Waals surface area contributed by atoms with Gasteiger partial charge in [-0.1, -0.05) is 13.8 Å². The lowest BCUT2D eigenvalue weighted by Gasteiger charge is -2.05. The topological polar surface area (TPSA) is 50.2 Å². The van der Waals surface area contributed by atoms with E-state index in [1.807, 2.05) is 0 Å². The van der Waals surface area contributed by atoms with Crippen molar-refractivity contribution in [3.8, 4) is 0 Å². The summed E-state index contributed by atoms with van der Waals surface area (Å²) in [6, 6.07) is 0.991. The summed E-state index contributed by atoms with van der Waals surface area (Å²) >= 11 is 0. The van der Waals surface area contributed by atoms with Gasteiger partial charge < -0.3 is 5.11 Å². The number of aromatic carboxylic acids is 1. The van der Waals surface area contributed by atoms with Gasteiger partial charge in [0.15, 0.2) is 0 Å². The van der Waals surface area contributed by atoms with Crippen molar-refractivity contribution in [2.75, 3.05) is 0 Å². The van der Waals surface area contributed by atoms with Gasteiger partial charge >= 0.3 is 5.97 Å². The van der Waals surface area contributed by atoms with Gasteiger partial charge in [-0.25, -0.2) is 9.18 Å². The van der Waals surface area contributed by atoms with E-state index >= 15 is 0 Å². The van der Waals surface area contributed by atoms with Crippen LogP contribution in [0.3, 0.4) is 0 Å². The van der Waals surface area contributed by atoms with Crippen molar-refractivity contribution in [1.29, 1.82) is 0 Å². The van der Waals surface area contributed by atoms with E-state index < -0.39 is 11.8 Å². The zero-order chi connectivity index (χ0) is 10.0. The van der Waals surface area contributed by atoms with Crippen molar-refractivity contribution in [2.45, 2.75) is 19.8 Å². The van der Waals surface area contributed by atoms with E-state index in [1.54, 1.807) is 13.8 Å². The molecule has 0 aliphatic carbocycles. The first-order chi connectivity index (χ1) is 6.02. The van der Waals surface area contributed by atoms with Crippen molar-refractivity contribution in [1.82, 2.24) is 4.98 Å². The molecule has 1 rings (SSSR count). The van der Waals surface area contributed by atoms with Crippen LogP contribution in [-0.4, -0.2) is 16.1 Å². The van der Waals surface area contributed by atoms with Crippen LogP contribution in [0.2, 0.25) is 0 Å². The monoisotopic (exact) mass is 183 g/mol.